The summed E-state index contributed by atoms with van der Waals surface area (Å²) in [4.78, 5) is 33.7. The van der Waals surface area contributed by atoms with Gasteiger partial charge in [-0.05, 0) is 20.8 Å². The van der Waals surface area contributed by atoms with E-state index in [0.717, 1.165) is 10.7 Å². The molecule has 0 fully saturated rings. The summed E-state index contributed by atoms with van der Waals surface area (Å²) < 4.78 is 6.78. The molecule has 0 aliphatic rings. The van der Waals surface area contributed by atoms with Crippen LogP contribution < -0.4 is 5.56 Å². The first-order valence-electron chi connectivity index (χ1n) is 6.53. The molecular weight excluding hydrogens is 322 g/mol. The molecule has 0 saturated carbocycles. The molecule has 3 heterocycles. The number of fused-ring (bicyclic) bond motifs is 1. The van der Waals surface area contributed by atoms with Crippen LogP contribution in [0, 0.1) is 20.8 Å². The lowest BCUT2D eigenvalue weighted by molar-refractivity contribution is 0.0472. The highest BCUT2D eigenvalue weighted by Crippen LogP contribution is 2.19. The first kappa shape index (κ1) is 14.9. The number of aryl methyl sites for hydroxylation is 3. The van der Waals surface area contributed by atoms with Crippen molar-refractivity contribution >= 4 is 33.6 Å². The normalized spacial score (nSPS) is 11.0. The Morgan fingerprint density at radius 1 is 1.32 bits per heavy atom. The van der Waals surface area contributed by atoms with Crippen LogP contribution in [0.1, 0.15) is 31.8 Å². The van der Waals surface area contributed by atoms with E-state index in [1.807, 2.05) is 19.2 Å². The van der Waals surface area contributed by atoms with Gasteiger partial charge in [0, 0.05) is 17.1 Å². The lowest BCUT2D eigenvalue weighted by Gasteiger charge is -2.04. The van der Waals surface area contributed by atoms with E-state index in [9.17, 15) is 9.59 Å². The van der Waals surface area contributed by atoms with Gasteiger partial charge in [-0.3, -0.25) is 9.20 Å². The van der Waals surface area contributed by atoms with E-state index >= 15 is 0 Å². The van der Waals surface area contributed by atoms with Crippen molar-refractivity contribution in [3.63, 3.8) is 0 Å². The molecule has 8 heteroatoms. The molecule has 0 bridgehead atoms. The number of hydrogen-bond donors (Lipinski definition) is 0. The summed E-state index contributed by atoms with van der Waals surface area (Å²) in [5, 5.41) is 2.68. The molecule has 0 aliphatic heterocycles. The van der Waals surface area contributed by atoms with Crippen molar-refractivity contribution in [2.45, 2.75) is 27.4 Å². The maximum atomic E-state index is 12.0. The third-order valence-electron chi connectivity index (χ3n) is 3.07. The number of nitrogens with zero attached hydrogens (tertiary/aromatic N) is 3. The van der Waals surface area contributed by atoms with Crippen LogP contribution in [-0.2, 0) is 11.3 Å². The van der Waals surface area contributed by atoms with Gasteiger partial charge in [-0.2, -0.15) is 0 Å². The summed E-state index contributed by atoms with van der Waals surface area (Å²) in [5.41, 5.74) is 1.78. The van der Waals surface area contributed by atoms with Crippen molar-refractivity contribution in [3.8, 4) is 0 Å². The zero-order valence-corrected chi connectivity index (χ0v) is 13.9. The van der Waals surface area contributed by atoms with Gasteiger partial charge in [-0.1, -0.05) is 0 Å². The summed E-state index contributed by atoms with van der Waals surface area (Å²) in [6.45, 7) is 5.42. The fourth-order valence-electron chi connectivity index (χ4n) is 2.10. The fourth-order valence-corrected chi connectivity index (χ4v) is 3.80. The predicted octanol–water partition coefficient (Wildman–Crippen LogP) is 2.49. The van der Waals surface area contributed by atoms with Gasteiger partial charge in [0.2, 0.25) is 0 Å². The van der Waals surface area contributed by atoms with Crippen LogP contribution in [-0.4, -0.2) is 20.3 Å². The topological polar surface area (TPSA) is 73.6 Å². The second kappa shape index (κ2) is 5.62. The summed E-state index contributed by atoms with van der Waals surface area (Å²) in [5.74, 6) is -0.438. The highest BCUT2D eigenvalue weighted by atomic mass is 32.1. The number of hydrogen-bond acceptors (Lipinski definition) is 7. The Hall–Kier alpha value is -2.06. The van der Waals surface area contributed by atoms with Gasteiger partial charge >= 0.3 is 5.97 Å². The van der Waals surface area contributed by atoms with E-state index in [2.05, 4.69) is 9.97 Å². The molecule has 0 aromatic carbocycles. The Balaban J connectivity index is 1.81. The van der Waals surface area contributed by atoms with Crippen molar-refractivity contribution in [2.24, 2.45) is 0 Å². The maximum absolute atomic E-state index is 12.0. The Kier molecular flexibility index (Phi) is 3.79. The van der Waals surface area contributed by atoms with Crippen molar-refractivity contribution < 1.29 is 9.53 Å². The largest absolute Gasteiger partial charge is 0.455 e. The third kappa shape index (κ3) is 2.67. The molecule has 22 heavy (non-hydrogen) atoms. The predicted molar refractivity (Wildman–Crippen MR) is 84.8 cm³/mol. The van der Waals surface area contributed by atoms with Gasteiger partial charge in [0.05, 0.1) is 16.4 Å². The van der Waals surface area contributed by atoms with E-state index in [-0.39, 0.29) is 12.2 Å². The van der Waals surface area contributed by atoms with Gasteiger partial charge in [-0.25, -0.2) is 14.8 Å². The second-order valence-corrected chi connectivity index (χ2v) is 6.84. The molecular formula is C14H13N3O3S2. The van der Waals surface area contributed by atoms with Crippen LogP contribution in [0.2, 0.25) is 0 Å². The molecule has 3 aromatic rings. The maximum Gasteiger partial charge on any atom is 0.350 e. The Morgan fingerprint density at radius 3 is 2.77 bits per heavy atom. The van der Waals surface area contributed by atoms with Crippen LogP contribution in [0.25, 0.3) is 4.96 Å². The zero-order chi connectivity index (χ0) is 15.9. The lowest BCUT2D eigenvalue weighted by Crippen LogP contribution is -2.16. The summed E-state index contributed by atoms with van der Waals surface area (Å²) in [6.07, 6.45) is 0. The number of esters is 1. The van der Waals surface area contributed by atoms with Gasteiger partial charge in [0.1, 0.15) is 11.5 Å². The second-order valence-electron chi connectivity index (χ2n) is 4.80. The highest BCUT2D eigenvalue weighted by molar-refractivity contribution is 7.15. The SMILES string of the molecule is Cc1nc(C)c(C(=O)OCc2cc(=O)n3c(C)csc3n2)s1. The molecule has 114 valence electrons. The molecule has 0 unspecified atom stereocenters. The molecule has 0 spiro atoms. The Morgan fingerprint density at radius 2 is 2.09 bits per heavy atom. The number of carbonyl (C=O) groups excluding carboxylic acids is 1. The van der Waals surface area contributed by atoms with Crippen molar-refractivity contribution in [1.82, 2.24) is 14.4 Å². The minimum Gasteiger partial charge on any atom is -0.455 e. The minimum absolute atomic E-state index is 0.0299. The summed E-state index contributed by atoms with van der Waals surface area (Å²) in [7, 11) is 0. The zero-order valence-electron chi connectivity index (χ0n) is 12.2. The third-order valence-corrected chi connectivity index (χ3v) is 5.07. The quantitative estimate of drug-likeness (QED) is 0.688. The van der Waals surface area contributed by atoms with Crippen LogP contribution >= 0.6 is 22.7 Å². The first-order chi connectivity index (χ1) is 10.5. The summed E-state index contributed by atoms with van der Waals surface area (Å²) >= 11 is 2.68. The van der Waals surface area contributed by atoms with Crippen LogP contribution in [0.15, 0.2) is 16.2 Å². The standard InChI is InChI=1S/C14H13N3O3S2/c1-7-6-21-14-16-10(4-11(18)17(7)14)5-20-13(19)12-8(2)15-9(3)22-12/h4,6H,5H2,1-3H3. The Labute approximate surface area is 134 Å². The molecule has 0 radical (unpaired) electrons. The smallest absolute Gasteiger partial charge is 0.350 e. The molecule has 0 saturated heterocycles. The molecule has 3 aromatic heterocycles. The van der Waals surface area contributed by atoms with Crippen LogP contribution in [0.5, 0.6) is 0 Å². The number of rotatable bonds is 3. The Bertz CT molecular complexity index is 923. The first-order valence-corrected chi connectivity index (χ1v) is 8.23. The van der Waals surface area contributed by atoms with E-state index in [0.29, 0.717) is 21.2 Å². The average molecular weight is 335 g/mol. The van der Waals surface area contributed by atoms with Crippen LogP contribution in [0.3, 0.4) is 0 Å². The van der Waals surface area contributed by atoms with Gasteiger partial charge in [0.25, 0.3) is 5.56 Å². The molecule has 0 atom stereocenters. The monoisotopic (exact) mass is 335 g/mol. The average Bonchev–Trinajstić information content (AvgIpc) is 2.99. The van der Waals surface area contributed by atoms with E-state index in [1.165, 1.54) is 33.1 Å². The number of aromatic nitrogens is 3. The van der Waals surface area contributed by atoms with E-state index in [1.54, 1.807) is 6.92 Å². The van der Waals surface area contributed by atoms with E-state index in [4.69, 9.17) is 4.74 Å². The van der Waals surface area contributed by atoms with E-state index < -0.39 is 5.97 Å². The van der Waals surface area contributed by atoms with Crippen molar-refractivity contribution in [1.29, 1.82) is 0 Å². The minimum atomic E-state index is -0.438. The lowest BCUT2D eigenvalue weighted by atomic mass is 10.4. The molecule has 3 rings (SSSR count). The molecule has 0 N–H and O–H groups in total. The van der Waals surface area contributed by atoms with Crippen molar-refractivity contribution in [3.05, 3.63) is 48.8 Å². The number of thiazole rings is 2. The molecule has 0 aliphatic carbocycles. The van der Waals surface area contributed by atoms with Gasteiger partial charge in [-0.15, -0.1) is 22.7 Å². The van der Waals surface area contributed by atoms with Gasteiger partial charge < -0.3 is 4.74 Å². The summed E-state index contributed by atoms with van der Waals surface area (Å²) in [6, 6.07) is 1.39. The molecule has 0 amide bonds. The van der Waals surface area contributed by atoms with Crippen molar-refractivity contribution in [2.75, 3.05) is 0 Å². The van der Waals surface area contributed by atoms with Gasteiger partial charge in [0.15, 0.2) is 4.96 Å². The molecule has 6 nitrogen and oxygen atoms in total. The fraction of sp³-hybridized carbons (Fsp3) is 0.286. The number of carbonyl (C=O) groups is 1. The van der Waals surface area contributed by atoms with Crippen LogP contribution in [0.4, 0.5) is 0 Å². The highest BCUT2D eigenvalue weighted by Gasteiger charge is 2.16. The number of ether oxygens (including phenoxy) is 1.